The topological polar surface area (TPSA) is 64.9 Å². The van der Waals surface area contributed by atoms with E-state index in [2.05, 4.69) is 16.7 Å². The van der Waals surface area contributed by atoms with Gasteiger partial charge >= 0.3 is 0 Å². The molecule has 0 aliphatic heterocycles. The van der Waals surface area contributed by atoms with E-state index in [1.54, 1.807) is 11.8 Å². The lowest BCUT2D eigenvalue weighted by Gasteiger charge is -2.25. The van der Waals surface area contributed by atoms with Gasteiger partial charge in [-0.05, 0) is 46.8 Å². The molecule has 0 saturated carbocycles. The molecule has 104 valence electrons. The van der Waals surface area contributed by atoms with Crippen molar-refractivity contribution in [2.45, 2.75) is 58.7 Å². The maximum atomic E-state index is 11.4. The summed E-state index contributed by atoms with van der Waals surface area (Å²) in [4.78, 5) is 11.4. The van der Waals surface area contributed by atoms with Crippen LogP contribution in [0.4, 0.5) is 0 Å². The summed E-state index contributed by atoms with van der Waals surface area (Å²) in [5.41, 5.74) is -0.504. The number of thioether (sulfide) groups is 1. The van der Waals surface area contributed by atoms with Gasteiger partial charge in [-0.25, -0.2) is 0 Å². The van der Waals surface area contributed by atoms with Gasteiger partial charge in [0, 0.05) is 12.1 Å². The second-order valence-corrected chi connectivity index (χ2v) is 6.37. The smallest absolute Gasteiger partial charge is 0.230 e. The van der Waals surface area contributed by atoms with E-state index < -0.39 is 5.54 Å². The molecule has 1 atom stereocenters. The molecule has 0 aromatic rings. The lowest BCUT2D eigenvalue weighted by molar-refractivity contribution is -0.119. The number of rotatable bonds is 8. The van der Waals surface area contributed by atoms with Crippen LogP contribution >= 0.6 is 11.8 Å². The fourth-order valence-corrected chi connectivity index (χ4v) is 2.57. The van der Waals surface area contributed by atoms with Crippen molar-refractivity contribution < 1.29 is 4.79 Å². The average Bonchev–Trinajstić information content (AvgIpc) is 2.22. The summed E-state index contributed by atoms with van der Waals surface area (Å²) in [6.45, 7) is 9.85. The minimum atomic E-state index is -0.504. The predicted molar refractivity (Wildman–Crippen MR) is 77.5 cm³/mol. The molecule has 0 bridgehead atoms. The van der Waals surface area contributed by atoms with E-state index in [9.17, 15) is 4.79 Å². The Hall–Kier alpha value is -0.730. The van der Waals surface area contributed by atoms with E-state index in [-0.39, 0.29) is 18.0 Å². The maximum Gasteiger partial charge on any atom is 0.230 e. The van der Waals surface area contributed by atoms with Crippen molar-refractivity contribution in [1.29, 1.82) is 5.26 Å². The highest BCUT2D eigenvalue weighted by molar-refractivity contribution is 7.99. The average molecular weight is 271 g/mol. The maximum absolute atomic E-state index is 11.4. The second-order valence-electron chi connectivity index (χ2n) is 5.27. The Balaban J connectivity index is 3.89. The van der Waals surface area contributed by atoms with Gasteiger partial charge in [-0.15, -0.1) is 0 Å². The zero-order valence-corrected chi connectivity index (χ0v) is 12.9. The molecule has 0 saturated heterocycles. The molecule has 2 N–H and O–H groups in total. The van der Waals surface area contributed by atoms with Crippen LogP contribution in [0.25, 0.3) is 0 Å². The van der Waals surface area contributed by atoms with Crippen LogP contribution in [-0.2, 0) is 4.79 Å². The highest BCUT2D eigenvalue weighted by Gasteiger charge is 2.23. The first kappa shape index (κ1) is 17.3. The number of carbonyl (C=O) groups excluding carboxylic acids is 1. The van der Waals surface area contributed by atoms with E-state index in [0.717, 1.165) is 12.2 Å². The Morgan fingerprint density at radius 2 is 1.94 bits per heavy atom. The second kappa shape index (κ2) is 8.39. The quantitative estimate of drug-likeness (QED) is 0.662. The fraction of sp³-hybridized carbons (Fsp3) is 0.846. The standard InChI is InChI=1S/C13H25N3OS/c1-10(2)15-12(17)8-18-7-6-13(5,9-14)16-11(3)4/h10-11,16H,6-8H2,1-5H3,(H,15,17). The summed E-state index contributed by atoms with van der Waals surface area (Å²) in [5.74, 6) is 1.32. The molecule has 0 aromatic carbocycles. The molecule has 0 radical (unpaired) electrons. The molecule has 0 aromatic heterocycles. The van der Waals surface area contributed by atoms with E-state index in [1.807, 2.05) is 34.6 Å². The molecule has 1 amide bonds. The fourth-order valence-electron chi connectivity index (χ4n) is 1.60. The molecule has 0 rings (SSSR count). The van der Waals surface area contributed by atoms with Crippen LogP contribution in [0.1, 0.15) is 41.0 Å². The number of hydrogen-bond acceptors (Lipinski definition) is 4. The Kier molecular flexibility index (Phi) is 8.05. The van der Waals surface area contributed by atoms with Crippen molar-refractivity contribution >= 4 is 17.7 Å². The highest BCUT2D eigenvalue weighted by atomic mass is 32.2. The molecule has 0 spiro atoms. The molecule has 0 heterocycles. The summed E-state index contributed by atoms with van der Waals surface area (Å²) in [6, 6.07) is 2.77. The van der Waals surface area contributed by atoms with E-state index in [4.69, 9.17) is 5.26 Å². The lowest BCUT2D eigenvalue weighted by Crippen LogP contribution is -2.45. The van der Waals surface area contributed by atoms with Gasteiger partial charge in [-0.1, -0.05) is 0 Å². The lowest BCUT2D eigenvalue weighted by atomic mass is 10.0. The van der Waals surface area contributed by atoms with Gasteiger partial charge in [-0.3, -0.25) is 10.1 Å². The van der Waals surface area contributed by atoms with Crippen LogP contribution in [0, 0.1) is 11.3 Å². The summed E-state index contributed by atoms with van der Waals surface area (Å²) in [5, 5.41) is 15.3. The number of nitriles is 1. The van der Waals surface area contributed by atoms with Crippen molar-refractivity contribution in [3.8, 4) is 6.07 Å². The van der Waals surface area contributed by atoms with Gasteiger partial charge in [0.05, 0.1) is 11.8 Å². The molecule has 5 heteroatoms. The molecule has 18 heavy (non-hydrogen) atoms. The Morgan fingerprint density at radius 3 is 2.39 bits per heavy atom. The van der Waals surface area contributed by atoms with E-state index in [0.29, 0.717) is 5.75 Å². The summed E-state index contributed by atoms with van der Waals surface area (Å²) in [7, 11) is 0. The molecule has 4 nitrogen and oxygen atoms in total. The largest absolute Gasteiger partial charge is 0.353 e. The third kappa shape index (κ3) is 8.37. The molecule has 0 fully saturated rings. The Bertz CT molecular complexity index is 299. The van der Waals surface area contributed by atoms with Crippen LogP contribution in [0.2, 0.25) is 0 Å². The number of nitrogens with one attached hydrogen (secondary N) is 2. The first-order valence-electron chi connectivity index (χ1n) is 6.35. The third-order valence-corrected chi connectivity index (χ3v) is 3.24. The first-order chi connectivity index (χ1) is 8.29. The molecule has 1 unspecified atom stereocenters. The molecular formula is C13H25N3OS. The van der Waals surface area contributed by atoms with Gasteiger partial charge in [0.15, 0.2) is 0 Å². The zero-order valence-electron chi connectivity index (χ0n) is 12.0. The Labute approximate surface area is 115 Å². The van der Waals surface area contributed by atoms with Crippen molar-refractivity contribution in [2.75, 3.05) is 11.5 Å². The van der Waals surface area contributed by atoms with Gasteiger partial charge < -0.3 is 5.32 Å². The van der Waals surface area contributed by atoms with Gasteiger partial charge in [-0.2, -0.15) is 17.0 Å². The molecular weight excluding hydrogens is 246 g/mol. The highest BCUT2D eigenvalue weighted by Crippen LogP contribution is 2.14. The predicted octanol–water partition coefficient (Wildman–Crippen LogP) is 1.91. The number of carbonyl (C=O) groups is 1. The normalized spacial score (nSPS) is 14.3. The number of nitrogens with zero attached hydrogens (tertiary/aromatic N) is 1. The summed E-state index contributed by atoms with van der Waals surface area (Å²) >= 11 is 1.57. The monoisotopic (exact) mass is 271 g/mol. The van der Waals surface area contributed by atoms with Crippen molar-refractivity contribution in [3.05, 3.63) is 0 Å². The van der Waals surface area contributed by atoms with Crippen LogP contribution in [-0.4, -0.2) is 35.0 Å². The first-order valence-corrected chi connectivity index (χ1v) is 7.50. The van der Waals surface area contributed by atoms with Crippen molar-refractivity contribution in [1.82, 2.24) is 10.6 Å². The minimum Gasteiger partial charge on any atom is -0.353 e. The van der Waals surface area contributed by atoms with Gasteiger partial charge in [0.2, 0.25) is 5.91 Å². The summed E-state index contributed by atoms with van der Waals surface area (Å²) in [6.07, 6.45) is 0.737. The van der Waals surface area contributed by atoms with E-state index in [1.165, 1.54) is 0 Å². The Morgan fingerprint density at radius 1 is 1.33 bits per heavy atom. The van der Waals surface area contributed by atoms with Crippen molar-refractivity contribution in [2.24, 2.45) is 0 Å². The molecule has 0 aliphatic rings. The van der Waals surface area contributed by atoms with Crippen LogP contribution < -0.4 is 10.6 Å². The van der Waals surface area contributed by atoms with Gasteiger partial charge in [0.1, 0.15) is 5.54 Å². The number of hydrogen-bond donors (Lipinski definition) is 2. The van der Waals surface area contributed by atoms with Gasteiger partial charge in [0.25, 0.3) is 0 Å². The number of amides is 1. The van der Waals surface area contributed by atoms with E-state index >= 15 is 0 Å². The van der Waals surface area contributed by atoms with Crippen LogP contribution in [0.15, 0.2) is 0 Å². The SMILES string of the molecule is CC(C)NC(=O)CSCCC(C)(C#N)NC(C)C. The zero-order chi connectivity index (χ0) is 14.2. The third-order valence-electron chi connectivity index (χ3n) is 2.28. The minimum absolute atomic E-state index is 0.0606. The van der Waals surface area contributed by atoms with Crippen LogP contribution in [0.5, 0.6) is 0 Å². The van der Waals surface area contributed by atoms with Crippen molar-refractivity contribution in [3.63, 3.8) is 0 Å². The van der Waals surface area contributed by atoms with Crippen LogP contribution in [0.3, 0.4) is 0 Å². The molecule has 0 aliphatic carbocycles. The summed E-state index contributed by atoms with van der Waals surface area (Å²) < 4.78 is 0.